The summed E-state index contributed by atoms with van der Waals surface area (Å²) in [4.78, 5) is 22.5. The lowest BCUT2D eigenvalue weighted by molar-refractivity contribution is -0.136. The number of amides is 1. The molecule has 0 bridgehead atoms. The standard InChI is InChI=1S/C15H21N5O3/c1-11-17-14(23-18-11)10-22-13-4-3-6-20(8-13)15(21)9-19-7-5-16-12(19)2/h5,7,13H,3-4,6,8-10H2,1-2H3/t13-/m0/s1. The summed E-state index contributed by atoms with van der Waals surface area (Å²) in [7, 11) is 0. The molecule has 8 heteroatoms. The number of carbonyl (C=O) groups excluding carboxylic acids is 1. The van der Waals surface area contributed by atoms with Gasteiger partial charge >= 0.3 is 0 Å². The molecule has 1 aliphatic rings. The summed E-state index contributed by atoms with van der Waals surface area (Å²) in [6, 6.07) is 0. The average Bonchev–Trinajstić information content (AvgIpc) is 3.14. The topological polar surface area (TPSA) is 86.3 Å². The Morgan fingerprint density at radius 3 is 3.04 bits per heavy atom. The second-order valence-corrected chi connectivity index (χ2v) is 5.75. The number of hydrogen-bond donors (Lipinski definition) is 0. The molecule has 3 heterocycles. The van der Waals surface area contributed by atoms with E-state index in [1.807, 2.05) is 22.6 Å². The fraction of sp³-hybridized carbons (Fsp3) is 0.600. The number of aromatic nitrogens is 4. The van der Waals surface area contributed by atoms with Gasteiger partial charge in [0.15, 0.2) is 5.82 Å². The normalized spacial score (nSPS) is 18.3. The van der Waals surface area contributed by atoms with Gasteiger partial charge in [0.25, 0.3) is 5.89 Å². The molecule has 0 spiro atoms. The molecule has 1 atom stereocenters. The zero-order valence-corrected chi connectivity index (χ0v) is 13.4. The zero-order chi connectivity index (χ0) is 16.2. The van der Waals surface area contributed by atoms with Crippen molar-refractivity contribution in [2.75, 3.05) is 13.1 Å². The third kappa shape index (κ3) is 3.95. The Labute approximate surface area is 134 Å². The molecule has 1 amide bonds. The Kier molecular flexibility index (Phi) is 4.71. The van der Waals surface area contributed by atoms with Crippen LogP contribution in [0.5, 0.6) is 0 Å². The van der Waals surface area contributed by atoms with Crippen molar-refractivity contribution in [1.82, 2.24) is 24.6 Å². The highest BCUT2D eigenvalue weighted by Gasteiger charge is 2.25. The van der Waals surface area contributed by atoms with Gasteiger partial charge in [0, 0.05) is 25.5 Å². The van der Waals surface area contributed by atoms with Crippen molar-refractivity contribution in [2.45, 2.75) is 45.9 Å². The lowest BCUT2D eigenvalue weighted by atomic mass is 10.1. The first-order valence-electron chi connectivity index (χ1n) is 7.78. The van der Waals surface area contributed by atoms with Crippen LogP contribution in [0.15, 0.2) is 16.9 Å². The molecule has 1 saturated heterocycles. The van der Waals surface area contributed by atoms with E-state index in [2.05, 4.69) is 15.1 Å². The third-order valence-electron chi connectivity index (χ3n) is 3.97. The second-order valence-electron chi connectivity index (χ2n) is 5.75. The lowest BCUT2D eigenvalue weighted by Gasteiger charge is -2.32. The summed E-state index contributed by atoms with van der Waals surface area (Å²) < 4.78 is 12.7. The first-order valence-corrected chi connectivity index (χ1v) is 7.78. The molecule has 1 fully saturated rings. The molecule has 2 aromatic rings. The van der Waals surface area contributed by atoms with Gasteiger partial charge in [0.1, 0.15) is 19.0 Å². The van der Waals surface area contributed by atoms with Gasteiger partial charge in [-0.25, -0.2) is 4.98 Å². The first-order chi connectivity index (χ1) is 11.1. The number of rotatable bonds is 5. The van der Waals surface area contributed by atoms with Crippen LogP contribution in [0.2, 0.25) is 0 Å². The maximum atomic E-state index is 12.4. The Morgan fingerprint density at radius 1 is 1.48 bits per heavy atom. The van der Waals surface area contributed by atoms with E-state index in [9.17, 15) is 4.79 Å². The van der Waals surface area contributed by atoms with Crippen LogP contribution in [0.25, 0.3) is 0 Å². The van der Waals surface area contributed by atoms with Gasteiger partial charge in [0.05, 0.1) is 6.10 Å². The minimum absolute atomic E-state index is 0.00351. The zero-order valence-electron chi connectivity index (χ0n) is 13.4. The van der Waals surface area contributed by atoms with Crippen molar-refractivity contribution < 1.29 is 14.1 Å². The van der Waals surface area contributed by atoms with Crippen LogP contribution in [0.3, 0.4) is 0 Å². The SMILES string of the molecule is Cc1noc(CO[C@H]2CCCN(C(=O)Cn3ccnc3C)C2)n1. The summed E-state index contributed by atoms with van der Waals surface area (Å²) >= 11 is 0. The van der Waals surface area contributed by atoms with Gasteiger partial charge in [0.2, 0.25) is 5.91 Å². The lowest BCUT2D eigenvalue weighted by Crippen LogP contribution is -2.44. The Hall–Kier alpha value is -2.22. The van der Waals surface area contributed by atoms with Crippen molar-refractivity contribution in [1.29, 1.82) is 0 Å². The van der Waals surface area contributed by atoms with E-state index in [0.29, 0.717) is 24.8 Å². The molecule has 0 saturated carbocycles. The predicted molar refractivity (Wildman–Crippen MR) is 80.4 cm³/mol. The molecule has 124 valence electrons. The molecular formula is C15H21N5O3. The molecule has 0 N–H and O–H groups in total. The van der Waals surface area contributed by atoms with E-state index in [-0.39, 0.29) is 18.6 Å². The largest absolute Gasteiger partial charge is 0.367 e. The van der Waals surface area contributed by atoms with Crippen LogP contribution in [-0.2, 0) is 22.7 Å². The fourth-order valence-electron chi connectivity index (χ4n) is 2.71. The van der Waals surface area contributed by atoms with E-state index >= 15 is 0 Å². The van der Waals surface area contributed by atoms with Crippen LogP contribution in [0.1, 0.15) is 30.4 Å². The van der Waals surface area contributed by atoms with E-state index in [4.69, 9.17) is 9.26 Å². The van der Waals surface area contributed by atoms with Crippen LogP contribution < -0.4 is 0 Å². The average molecular weight is 319 g/mol. The van der Waals surface area contributed by atoms with Gasteiger partial charge in [-0.15, -0.1) is 0 Å². The fourth-order valence-corrected chi connectivity index (χ4v) is 2.71. The quantitative estimate of drug-likeness (QED) is 0.820. The molecule has 8 nitrogen and oxygen atoms in total. The highest BCUT2D eigenvalue weighted by atomic mass is 16.5. The van der Waals surface area contributed by atoms with Crippen molar-refractivity contribution in [2.24, 2.45) is 0 Å². The number of ether oxygens (including phenoxy) is 1. The predicted octanol–water partition coefficient (Wildman–Crippen LogP) is 1.09. The van der Waals surface area contributed by atoms with Gasteiger partial charge in [-0.2, -0.15) is 4.98 Å². The Balaban J connectivity index is 1.51. The maximum Gasteiger partial charge on any atom is 0.252 e. The highest BCUT2D eigenvalue weighted by Crippen LogP contribution is 2.15. The molecule has 0 aromatic carbocycles. The monoisotopic (exact) mass is 319 g/mol. The first kappa shape index (κ1) is 15.7. The number of hydrogen-bond acceptors (Lipinski definition) is 6. The van der Waals surface area contributed by atoms with Gasteiger partial charge < -0.3 is 18.7 Å². The Morgan fingerprint density at radius 2 is 2.35 bits per heavy atom. The number of aryl methyl sites for hydroxylation is 2. The second kappa shape index (κ2) is 6.91. The van der Waals surface area contributed by atoms with E-state index in [0.717, 1.165) is 25.2 Å². The van der Waals surface area contributed by atoms with Crippen LogP contribution >= 0.6 is 0 Å². The molecule has 0 unspecified atom stereocenters. The van der Waals surface area contributed by atoms with E-state index in [1.54, 1.807) is 13.1 Å². The molecular weight excluding hydrogens is 298 g/mol. The van der Waals surface area contributed by atoms with E-state index < -0.39 is 0 Å². The summed E-state index contributed by atoms with van der Waals surface area (Å²) in [6.07, 6.45) is 5.40. The van der Waals surface area contributed by atoms with Crippen molar-refractivity contribution in [3.8, 4) is 0 Å². The molecule has 2 aromatic heterocycles. The number of nitrogens with zero attached hydrogens (tertiary/aromatic N) is 5. The highest BCUT2D eigenvalue weighted by molar-refractivity contribution is 5.76. The van der Waals surface area contributed by atoms with Gasteiger partial charge in [-0.05, 0) is 26.7 Å². The van der Waals surface area contributed by atoms with Crippen molar-refractivity contribution in [3.05, 3.63) is 29.9 Å². The molecule has 0 radical (unpaired) electrons. The minimum atomic E-state index is 0.00351. The molecule has 1 aliphatic heterocycles. The molecule has 3 rings (SSSR count). The van der Waals surface area contributed by atoms with Crippen molar-refractivity contribution >= 4 is 5.91 Å². The van der Waals surface area contributed by atoms with Gasteiger partial charge in [-0.3, -0.25) is 4.79 Å². The number of likely N-dealkylation sites (tertiary alicyclic amines) is 1. The van der Waals surface area contributed by atoms with Crippen LogP contribution in [0.4, 0.5) is 0 Å². The smallest absolute Gasteiger partial charge is 0.252 e. The molecule has 23 heavy (non-hydrogen) atoms. The minimum Gasteiger partial charge on any atom is -0.367 e. The van der Waals surface area contributed by atoms with E-state index in [1.165, 1.54) is 0 Å². The maximum absolute atomic E-state index is 12.4. The number of imidazole rings is 1. The number of piperidine rings is 1. The summed E-state index contributed by atoms with van der Waals surface area (Å²) in [5.41, 5.74) is 0. The van der Waals surface area contributed by atoms with Crippen LogP contribution in [-0.4, -0.2) is 49.7 Å². The summed E-state index contributed by atoms with van der Waals surface area (Å²) in [5.74, 6) is 2.00. The molecule has 0 aliphatic carbocycles. The van der Waals surface area contributed by atoms with Gasteiger partial charge in [-0.1, -0.05) is 5.16 Å². The summed E-state index contributed by atoms with van der Waals surface area (Å²) in [5, 5.41) is 3.73. The Bertz CT molecular complexity index is 666. The third-order valence-corrected chi connectivity index (χ3v) is 3.97. The summed E-state index contributed by atoms with van der Waals surface area (Å²) in [6.45, 7) is 5.63. The van der Waals surface area contributed by atoms with Crippen molar-refractivity contribution in [3.63, 3.8) is 0 Å². The number of carbonyl (C=O) groups is 1. The van der Waals surface area contributed by atoms with Crippen LogP contribution in [0, 0.1) is 13.8 Å².